The fourth-order valence-electron chi connectivity index (χ4n) is 2.17. The van der Waals surface area contributed by atoms with Gasteiger partial charge in [0.1, 0.15) is 0 Å². The van der Waals surface area contributed by atoms with Crippen molar-refractivity contribution >= 4 is 10.0 Å². The highest BCUT2D eigenvalue weighted by molar-refractivity contribution is 7.89. The van der Waals surface area contributed by atoms with Gasteiger partial charge in [0.25, 0.3) is 0 Å². The minimum atomic E-state index is -4.49. The molecule has 0 fully saturated rings. The smallest absolute Gasteiger partial charge is 0.281 e. The van der Waals surface area contributed by atoms with Crippen molar-refractivity contribution in [1.29, 1.82) is 0 Å². The molecular formula is C12H10F3N3O2S. The first-order valence-corrected chi connectivity index (χ1v) is 7.41. The molecule has 0 unspecified atom stereocenters. The molecule has 1 aromatic heterocycles. The van der Waals surface area contributed by atoms with Crippen LogP contribution >= 0.6 is 0 Å². The molecule has 0 saturated heterocycles. The van der Waals surface area contributed by atoms with Gasteiger partial charge in [0.2, 0.25) is 10.0 Å². The van der Waals surface area contributed by atoms with Crippen molar-refractivity contribution in [2.75, 3.05) is 0 Å². The standard InChI is InChI=1S/C12H10F3N3O2S/c13-12(14,15)9-1-3-10(4-2-9)21(19,20)18-6-8-5-16-17-11(8)7-18/h1-5H,6-7H2,(H,16,17). The average Bonchev–Trinajstić information content (AvgIpc) is 2.98. The number of hydrogen-bond acceptors (Lipinski definition) is 3. The maximum atomic E-state index is 12.5. The third-order valence-electron chi connectivity index (χ3n) is 3.31. The van der Waals surface area contributed by atoms with E-state index in [0.29, 0.717) is 5.69 Å². The number of benzene rings is 1. The Morgan fingerprint density at radius 2 is 1.81 bits per heavy atom. The second kappa shape index (κ2) is 4.57. The number of rotatable bonds is 2. The van der Waals surface area contributed by atoms with E-state index in [1.54, 1.807) is 0 Å². The normalized spacial score (nSPS) is 16.1. The summed E-state index contributed by atoms with van der Waals surface area (Å²) in [6.07, 6.45) is -2.95. The Balaban J connectivity index is 1.88. The lowest BCUT2D eigenvalue weighted by Gasteiger charge is -2.16. The minimum absolute atomic E-state index is 0.138. The van der Waals surface area contributed by atoms with Crippen molar-refractivity contribution in [1.82, 2.24) is 14.5 Å². The molecule has 2 heterocycles. The largest absolute Gasteiger partial charge is 0.416 e. The van der Waals surface area contributed by atoms with Crippen LogP contribution in [0.1, 0.15) is 16.8 Å². The third kappa shape index (κ3) is 2.42. The molecule has 0 saturated carbocycles. The van der Waals surface area contributed by atoms with Crippen LogP contribution in [0, 0.1) is 0 Å². The summed E-state index contributed by atoms with van der Waals surface area (Å²) < 4.78 is 63.4. The number of hydrogen-bond donors (Lipinski definition) is 1. The van der Waals surface area contributed by atoms with Gasteiger partial charge in [-0.15, -0.1) is 0 Å². The quantitative estimate of drug-likeness (QED) is 0.923. The molecule has 9 heteroatoms. The van der Waals surface area contributed by atoms with Gasteiger partial charge in [-0.25, -0.2) is 8.42 Å². The van der Waals surface area contributed by atoms with E-state index >= 15 is 0 Å². The Kier molecular flexibility index (Phi) is 3.06. The van der Waals surface area contributed by atoms with E-state index in [1.165, 1.54) is 10.5 Å². The molecule has 5 nitrogen and oxygen atoms in total. The summed E-state index contributed by atoms with van der Waals surface area (Å²) >= 11 is 0. The highest BCUT2D eigenvalue weighted by Gasteiger charge is 2.34. The number of aromatic nitrogens is 2. The first kappa shape index (κ1) is 14.1. The molecule has 2 aromatic rings. The van der Waals surface area contributed by atoms with Crippen LogP contribution < -0.4 is 0 Å². The molecule has 21 heavy (non-hydrogen) atoms. The molecule has 0 atom stereocenters. The zero-order chi connectivity index (χ0) is 15.3. The second-order valence-electron chi connectivity index (χ2n) is 4.67. The first-order valence-electron chi connectivity index (χ1n) is 5.97. The molecule has 0 aliphatic carbocycles. The topological polar surface area (TPSA) is 66.1 Å². The van der Waals surface area contributed by atoms with E-state index < -0.39 is 21.8 Å². The maximum absolute atomic E-state index is 12.5. The molecule has 0 radical (unpaired) electrons. The molecule has 1 aromatic carbocycles. The fourth-order valence-corrected chi connectivity index (χ4v) is 3.55. The van der Waals surface area contributed by atoms with Crippen LogP contribution in [0.2, 0.25) is 0 Å². The number of fused-ring (bicyclic) bond motifs is 1. The average molecular weight is 317 g/mol. The lowest BCUT2D eigenvalue weighted by molar-refractivity contribution is -0.137. The molecular weight excluding hydrogens is 307 g/mol. The predicted molar refractivity (Wildman–Crippen MR) is 66.5 cm³/mol. The van der Waals surface area contributed by atoms with Gasteiger partial charge >= 0.3 is 6.18 Å². The van der Waals surface area contributed by atoms with Crippen LogP contribution in [-0.4, -0.2) is 22.9 Å². The minimum Gasteiger partial charge on any atom is -0.281 e. The molecule has 0 amide bonds. The summed E-state index contributed by atoms with van der Waals surface area (Å²) in [4.78, 5) is -0.159. The maximum Gasteiger partial charge on any atom is 0.416 e. The highest BCUT2D eigenvalue weighted by Crippen LogP contribution is 2.31. The van der Waals surface area contributed by atoms with Gasteiger partial charge in [-0.2, -0.15) is 22.6 Å². The van der Waals surface area contributed by atoms with Crippen LogP contribution in [0.25, 0.3) is 0 Å². The Labute approximate surface area is 118 Å². The number of sulfonamides is 1. The number of aromatic amines is 1. The number of nitrogens with one attached hydrogen (secondary N) is 1. The third-order valence-corrected chi connectivity index (χ3v) is 5.11. The lowest BCUT2D eigenvalue weighted by Crippen LogP contribution is -2.26. The van der Waals surface area contributed by atoms with Gasteiger partial charge in [-0.05, 0) is 24.3 Å². The summed E-state index contributed by atoms with van der Waals surface area (Å²) in [5.74, 6) is 0. The van der Waals surface area contributed by atoms with Crippen molar-refractivity contribution in [2.24, 2.45) is 0 Å². The van der Waals surface area contributed by atoms with Gasteiger partial charge in [0, 0.05) is 12.1 Å². The van der Waals surface area contributed by atoms with Crippen LogP contribution in [-0.2, 0) is 29.3 Å². The van der Waals surface area contributed by atoms with Crippen molar-refractivity contribution in [3.63, 3.8) is 0 Å². The summed E-state index contributed by atoms with van der Waals surface area (Å²) in [6.45, 7) is 0.299. The van der Waals surface area contributed by atoms with E-state index in [9.17, 15) is 21.6 Å². The van der Waals surface area contributed by atoms with Gasteiger partial charge in [0.15, 0.2) is 0 Å². The Bertz CT molecular complexity index is 745. The summed E-state index contributed by atoms with van der Waals surface area (Å²) in [7, 11) is -3.82. The summed E-state index contributed by atoms with van der Waals surface area (Å²) in [5.41, 5.74) is 0.591. The van der Waals surface area contributed by atoms with Crippen LogP contribution in [0.15, 0.2) is 35.4 Å². The van der Waals surface area contributed by atoms with E-state index in [-0.39, 0.29) is 18.0 Å². The monoisotopic (exact) mass is 317 g/mol. The lowest BCUT2D eigenvalue weighted by atomic mass is 10.2. The van der Waals surface area contributed by atoms with Crippen molar-refractivity contribution < 1.29 is 21.6 Å². The molecule has 0 bridgehead atoms. The van der Waals surface area contributed by atoms with Gasteiger partial charge < -0.3 is 0 Å². The van der Waals surface area contributed by atoms with Gasteiger partial charge in [-0.1, -0.05) is 0 Å². The number of H-pyrrole nitrogens is 1. The van der Waals surface area contributed by atoms with E-state index in [2.05, 4.69) is 10.2 Å². The summed E-state index contributed by atoms with van der Waals surface area (Å²) in [6, 6.07) is 3.49. The Hall–Kier alpha value is -1.87. The van der Waals surface area contributed by atoms with E-state index in [4.69, 9.17) is 0 Å². The van der Waals surface area contributed by atoms with Crippen molar-refractivity contribution in [3.05, 3.63) is 47.3 Å². The van der Waals surface area contributed by atoms with Crippen molar-refractivity contribution in [3.8, 4) is 0 Å². The Morgan fingerprint density at radius 1 is 1.14 bits per heavy atom. The van der Waals surface area contributed by atoms with E-state index in [1.807, 2.05) is 0 Å². The first-order chi connectivity index (χ1) is 9.78. The van der Waals surface area contributed by atoms with Crippen LogP contribution in [0.4, 0.5) is 13.2 Å². The SMILES string of the molecule is O=S(=O)(c1ccc(C(F)(F)F)cc1)N1Cc2cn[nH]c2C1. The molecule has 1 aliphatic rings. The second-order valence-corrected chi connectivity index (χ2v) is 6.61. The van der Waals surface area contributed by atoms with Crippen molar-refractivity contribution in [2.45, 2.75) is 24.2 Å². The zero-order valence-electron chi connectivity index (χ0n) is 10.6. The molecule has 3 rings (SSSR count). The van der Waals surface area contributed by atoms with Crippen LogP contribution in [0.5, 0.6) is 0 Å². The van der Waals surface area contributed by atoms with Gasteiger partial charge in [-0.3, -0.25) is 5.10 Å². The number of halogens is 3. The molecule has 0 spiro atoms. The fraction of sp³-hybridized carbons (Fsp3) is 0.250. The molecule has 1 N–H and O–H groups in total. The molecule has 112 valence electrons. The Morgan fingerprint density at radius 3 is 2.38 bits per heavy atom. The number of nitrogens with zero attached hydrogens (tertiary/aromatic N) is 2. The highest BCUT2D eigenvalue weighted by atomic mass is 32.2. The zero-order valence-corrected chi connectivity index (χ0v) is 11.4. The van der Waals surface area contributed by atoms with E-state index in [0.717, 1.165) is 29.8 Å². The molecule has 1 aliphatic heterocycles. The van der Waals surface area contributed by atoms with Gasteiger partial charge in [0.05, 0.1) is 28.9 Å². The number of alkyl halides is 3. The predicted octanol–water partition coefficient (Wildman–Crippen LogP) is 2.13. The summed E-state index contributed by atoms with van der Waals surface area (Å²) in [5, 5.41) is 6.50. The van der Waals surface area contributed by atoms with Crippen LogP contribution in [0.3, 0.4) is 0 Å².